The number of fused-ring (bicyclic) bond motifs is 3. The first-order chi connectivity index (χ1) is 20.8. The molecule has 0 atom stereocenters. The van der Waals surface area contributed by atoms with Gasteiger partial charge in [-0.3, -0.25) is 0 Å². The molecule has 0 radical (unpaired) electrons. The van der Waals surface area contributed by atoms with Crippen molar-refractivity contribution >= 4 is 32.3 Å². The van der Waals surface area contributed by atoms with E-state index < -0.39 is 0 Å². The maximum atomic E-state index is 5.10. The van der Waals surface area contributed by atoms with Gasteiger partial charge < -0.3 is 0 Å². The Bertz CT molecular complexity index is 2160. The summed E-state index contributed by atoms with van der Waals surface area (Å²) in [6.07, 6.45) is 0. The van der Waals surface area contributed by atoms with Crippen molar-refractivity contribution in [1.29, 1.82) is 0 Å². The molecule has 196 valence electrons. The molecule has 8 rings (SSSR count). The fourth-order valence-corrected chi connectivity index (χ4v) is 5.77. The van der Waals surface area contributed by atoms with E-state index in [0.717, 1.165) is 32.8 Å². The molecular weight excluding hydrogens is 510 g/mol. The Morgan fingerprint density at radius 2 is 0.738 bits per heavy atom. The molecule has 0 saturated heterocycles. The van der Waals surface area contributed by atoms with E-state index in [-0.39, 0.29) is 0 Å². The van der Waals surface area contributed by atoms with Crippen molar-refractivity contribution < 1.29 is 0 Å². The second-order valence-corrected chi connectivity index (χ2v) is 10.5. The smallest absolute Gasteiger partial charge is 0.164 e. The fraction of sp³-hybridized carbons (Fsp3) is 0. The van der Waals surface area contributed by atoms with Gasteiger partial charge in [0, 0.05) is 16.7 Å². The summed E-state index contributed by atoms with van der Waals surface area (Å²) in [4.78, 5) is 15.2. The summed E-state index contributed by atoms with van der Waals surface area (Å²) < 4.78 is 0. The SMILES string of the molecule is c1ccc(-c2ccc(-c3nc(-c4ccc5ccccc5c4)nc(-c4ccc5ccccc5c4)n3)c3ccccc23)cc1. The minimum absolute atomic E-state index is 0.658. The summed E-state index contributed by atoms with van der Waals surface area (Å²) in [7, 11) is 0. The van der Waals surface area contributed by atoms with Crippen LogP contribution >= 0.6 is 0 Å². The molecule has 0 aliphatic heterocycles. The van der Waals surface area contributed by atoms with Crippen LogP contribution in [0.2, 0.25) is 0 Å². The van der Waals surface area contributed by atoms with Crippen LogP contribution in [-0.2, 0) is 0 Å². The van der Waals surface area contributed by atoms with Crippen LogP contribution in [0, 0.1) is 0 Å². The molecule has 1 heterocycles. The standard InChI is InChI=1S/C39H25N3/c1-2-12-28(13-3-1)33-22-23-36(35-17-9-8-16-34(33)35)39-41-37(31-20-18-26-10-4-6-14-29(26)24-31)40-38(42-39)32-21-19-27-11-5-7-15-30(27)25-32/h1-25H. The summed E-state index contributed by atoms with van der Waals surface area (Å²) >= 11 is 0. The molecule has 1 aromatic heterocycles. The lowest BCUT2D eigenvalue weighted by Gasteiger charge is -2.13. The number of aromatic nitrogens is 3. The van der Waals surface area contributed by atoms with Gasteiger partial charge in [-0.05, 0) is 61.6 Å². The van der Waals surface area contributed by atoms with Gasteiger partial charge in [0.25, 0.3) is 0 Å². The highest BCUT2D eigenvalue weighted by molar-refractivity contribution is 6.04. The van der Waals surface area contributed by atoms with Crippen LogP contribution in [0.1, 0.15) is 0 Å². The van der Waals surface area contributed by atoms with Gasteiger partial charge in [-0.15, -0.1) is 0 Å². The van der Waals surface area contributed by atoms with Crippen molar-refractivity contribution in [3.8, 4) is 45.3 Å². The van der Waals surface area contributed by atoms with E-state index in [4.69, 9.17) is 15.0 Å². The van der Waals surface area contributed by atoms with Gasteiger partial charge in [0.2, 0.25) is 0 Å². The maximum Gasteiger partial charge on any atom is 0.164 e. The molecule has 0 aliphatic carbocycles. The largest absolute Gasteiger partial charge is 0.208 e. The Hall–Kier alpha value is -5.67. The minimum Gasteiger partial charge on any atom is -0.208 e. The van der Waals surface area contributed by atoms with Crippen molar-refractivity contribution in [1.82, 2.24) is 15.0 Å². The Balaban J connectivity index is 1.37. The number of rotatable bonds is 4. The molecule has 0 unspecified atom stereocenters. The molecule has 0 bridgehead atoms. The first-order valence-electron chi connectivity index (χ1n) is 14.1. The number of hydrogen-bond donors (Lipinski definition) is 0. The van der Waals surface area contributed by atoms with E-state index in [1.807, 2.05) is 6.07 Å². The monoisotopic (exact) mass is 535 g/mol. The van der Waals surface area contributed by atoms with Gasteiger partial charge in [-0.1, -0.05) is 133 Å². The summed E-state index contributed by atoms with van der Waals surface area (Å²) in [5.74, 6) is 1.97. The Morgan fingerprint density at radius 3 is 1.33 bits per heavy atom. The highest BCUT2D eigenvalue weighted by Gasteiger charge is 2.16. The summed E-state index contributed by atoms with van der Waals surface area (Å²) in [5, 5.41) is 6.96. The van der Waals surface area contributed by atoms with Crippen molar-refractivity contribution in [3.05, 3.63) is 152 Å². The molecule has 0 fully saturated rings. The first kappa shape index (κ1) is 24.2. The molecular formula is C39H25N3. The van der Waals surface area contributed by atoms with Crippen LogP contribution in [0.3, 0.4) is 0 Å². The normalized spacial score (nSPS) is 11.3. The van der Waals surface area contributed by atoms with Gasteiger partial charge >= 0.3 is 0 Å². The van der Waals surface area contributed by atoms with Crippen molar-refractivity contribution in [2.45, 2.75) is 0 Å². The molecule has 0 aliphatic rings. The third-order valence-corrected chi connectivity index (χ3v) is 7.90. The molecule has 42 heavy (non-hydrogen) atoms. The Morgan fingerprint density at radius 1 is 0.286 bits per heavy atom. The summed E-state index contributed by atoms with van der Waals surface area (Å²) in [6, 6.07) is 52.9. The lowest BCUT2D eigenvalue weighted by molar-refractivity contribution is 1.08. The van der Waals surface area contributed by atoms with Crippen LogP contribution in [0.15, 0.2) is 152 Å². The zero-order valence-corrected chi connectivity index (χ0v) is 22.8. The lowest BCUT2D eigenvalue weighted by atomic mass is 9.94. The van der Waals surface area contributed by atoms with Crippen LogP contribution in [-0.4, -0.2) is 15.0 Å². The molecule has 3 nitrogen and oxygen atoms in total. The van der Waals surface area contributed by atoms with Crippen molar-refractivity contribution in [3.63, 3.8) is 0 Å². The fourth-order valence-electron chi connectivity index (χ4n) is 5.77. The van der Waals surface area contributed by atoms with E-state index in [0.29, 0.717) is 17.5 Å². The van der Waals surface area contributed by atoms with Gasteiger partial charge in [-0.2, -0.15) is 0 Å². The summed E-state index contributed by atoms with van der Waals surface area (Å²) in [5.41, 5.74) is 5.28. The maximum absolute atomic E-state index is 5.10. The highest BCUT2D eigenvalue weighted by Crippen LogP contribution is 2.36. The van der Waals surface area contributed by atoms with Gasteiger partial charge in [-0.25, -0.2) is 15.0 Å². The Labute approximate surface area is 243 Å². The molecule has 0 amide bonds. The summed E-state index contributed by atoms with van der Waals surface area (Å²) in [6.45, 7) is 0. The highest BCUT2D eigenvalue weighted by atomic mass is 15.0. The van der Waals surface area contributed by atoms with Crippen LogP contribution < -0.4 is 0 Å². The minimum atomic E-state index is 0.658. The molecule has 0 spiro atoms. The Kier molecular flexibility index (Phi) is 5.79. The van der Waals surface area contributed by atoms with E-state index in [2.05, 4.69) is 146 Å². The molecule has 0 N–H and O–H groups in total. The molecule has 3 heteroatoms. The number of benzene rings is 7. The predicted molar refractivity (Wildman–Crippen MR) is 174 cm³/mol. The van der Waals surface area contributed by atoms with Crippen molar-refractivity contribution in [2.24, 2.45) is 0 Å². The molecule has 0 saturated carbocycles. The van der Waals surface area contributed by atoms with E-state index in [1.54, 1.807) is 0 Å². The zero-order valence-electron chi connectivity index (χ0n) is 22.8. The first-order valence-corrected chi connectivity index (χ1v) is 14.1. The number of nitrogens with zero attached hydrogens (tertiary/aromatic N) is 3. The quantitative estimate of drug-likeness (QED) is 0.225. The van der Waals surface area contributed by atoms with Gasteiger partial charge in [0.15, 0.2) is 17.5 Å². The lowest BCUT2D eigenvalue weighted by Crippen LogP contribution is -2.01. The predicted octanol–water partition coefficient (Wildman–Crippen LogP) is 10.00. The third kappa shape index (κ3) is 4.29. The zero-order chi connectivity index (χ0) is 27.9. The van der Waals surface area contributed by atoms with E-state index in [1.165, 1.54) is 27.3 Å². The van der Waals surface area contributed by atoms with Crippen LogP contribution in [0.4, 0.5) is 0 Å². The third-order valence-electron chi connectivity index (χ3n) is 7.90. The average Bonchev–Trinajstić information content (AvgIpc) is 3.07. The number of hydrogen-bond acceptors (Lipinski definition) is 3. The van der Waals surface area contributed by atoms with E-state index in [9.17, 15) is 0 Å². The molecule has 8 aromatic rings. The van der Waals surface area contributed by atoms with Crippen LogP contribution in [0.25, 0.3) is 77.6 Å². The average molecular weight is 536 g/mol. The molecule has 7 aromatic carbocycles. The van der Waals surface area contributed by atoms with Crippen molar-refractivity contribution in [2.75, 3.05) is 0 Å². The van der Waals surface area contributed by atoms with E-state index >= 15 is 0 Å². The topological polar surface area (TPSA) is 38.7 Å². The van der Waals surface area contributed by atoms with Gasteiger partial charge in [0.1, 0.15) is 0 Å². The second-order valence-electron chi connectivity index (χ2n) is 10.5. The van der Waals surface area contributed by atoms with Crippen LogP contribution in [0.5, 0.6) is 0 Å². The second kappa shape index (κ2) is 10.1. The van der Waals surface area contributed by atoms with Gasteiger partial charge in [0.05, 0.1) is 0 Å².